The molecule has 8 nitrogen and oxygen atoms in total. The quantitative estimate of drug-likeness (QED) is 0.194. The lowest BCUT2D eigenvalue weighted by molar-refractivity contribution is -0.0712. The van der Waals surface area contributed by atoms with Crippen LogP contribution in [0.2, 0.25) is 30.7 Å². The number of fused-ring (bicyclic) bond motifs is 1. The summed E-state index contributed by atoms with van der Waals surface area (Å²) in [5, 5.41) is 10.2. The molecule has 0 saturated carbocycles. The Labute approximate surface area is 252 Å². The van der Waals surface area contributed by atoms with Crippen LogP contribution in [0.4, 0.5) is 4.39 Å². The highest BCUT2D eigenvalue weighted by Crippen LogP contribution is 2.49. The zero-order valence-corrected chi connectivity index (χ0v) is 26.6. The maximum atomic E-state index is 14.8. The third-order valence-corrected chi connectivity index (χ3v) is 10.0. The number of hydrogen-bond acceptors (Lipinski definition) is 6. The van der Waals surface area contributed by atoms with Gasteiger partial charge in [-0.3, -0.25) is 9.47 Å². The summed E-state index contributed by atoms with van der Waals surface area (Å²) >= 11 is 5.96. The predicted molar refractivity (Wildman–Crippen MR) is 162 cm³/mol. The Morgan fingerprint density at radius 2 is 1.95 bits per heavy atom. The molecule has 2 aliphatic rings. The van der Waals surface area contributed by atoms with Crippen LogP contribution < -0.4 is 9.47 Å². The number of halogens is 2. The number of carbonyl (C=O) groups is 1. The first-order chi connectivity index (χ1) is 19.8. The van der Waals surface area contributed by atoms with Crippen LogP contribution in [0.15, 0.2) is 36.4 Å². The van der Waals surface area contributed by atoms with Crippen LogP contribution in [0.3, 0.4) is 0 Å². The highest BCUT2D eigenvalue weighted by atomic mass is 35.5. The van der Waals surface area contributed by atoms with E-state index in [0.717, 1.165) is 37.5 Å². The van der Waals surface area contributed by atoms with Crippen molar-refractivity contribution < 1.29 is 28.5 Å². The molecule has 2 aliphatic heterocycles. The molecule has 0 amide bonds. The maximum Gasteiger partial charge on any atom is 0.354 e. The number of benzene rings is 2. The molecule has 0 bridgehead atoms. The zero-order valence-electron chi connectivity index (χ0n) is 24.9. The fraction of sp³-hybridized carbons (Fsp3) is 0.484. The number of para-hydroxylation sites is 1. The predicted octanol–water partition coefficient (Wildman–Crippen LogP) is 7.02. The fourth-order valence-electron chi connectivity index (χ4n) is 5.73. The minimum atomic E-state index is -1.29. The summed E-state index contributed by atoms with van der Waals surface area (Å²) in [6.45, 7) is 13.3. The van der Waals surface area contributed by atoms with E-state index < -0.39 is 25.6 Å². The van der Waals surface area contributed by atoms with E-state index in [9.17, 15) is 14.3 Å². The average molecular weight is 616 g/mol. The Hall–Kier alpha value is -2.92. The van der Waals surface area contributed by atoms with Crippen molar-refractivity contribution in [3.05, 3.63) is 75.6 Å². The van der Waals surface area contributed by atoms with Crippen LogP contribution in [-0.4, -0.2) is 53.3 Å². The molecule has 3 aromatic rings. The van der Waals surface area contributed by atoms with Crippen molar-refractivity contribution in [2.45, 2.75) is 77.4 Å². The van der Waals surface area contributed by atoms with Gasteiger partial charge in [0, 0.05) is 32.2 Å². The SMILES string of the molecule is Cc1nc(CN2CCC(c3cccc4c3O[C@@](C)(c3ccc(Cl)cc3F)O4)CC2)n(COCC[Si](C)(C)C)c1C(=O)O. The molecule has 1 fully saturated rings. The zero-order chi connectivity index (χ0) is 30.2. The number of likely N-dealkylation sites (tertiary alicyclic amines) is 1. The van der Waals surface area contributed by atoms with Crippen LogP contribution in [-0.2, 0) is 23.8 Å². The number of imidazole rings is 1. The number of rotatable bonds is 10. The van der Waals surface area contributed by atoms with Crippen molar-refractivity contribution in [1.82, 2.24) is 14.5 Å². The Morgan fingerprint density at radius 1 is 1.21 bits per heavy atom. The first kappa shape index (κ1) is 30.5. The number of ether oxygens (including phenoxy) is 3. The lowest BCUT2D eigenvalue weighted by Crippen LogP contribution is -2.34. The Morgan fingerprint density at radius 3 is 2.62 bits per heavy atom. The molecule has 11 heteroatoms. The monoisotopic (exact) mass is 615 g/mol. The summed E-state index contributed by atoms with van der Waals surface area (Å²) in [6, 6.07) is 11.4. The van der Waals surface area contributed by atoms with E-state index in [0.29, 0.717) is 46.8 Å². The summed E-state index contributed by atoms with van der Waals surface area (Å²) < 4.78 is 34.9. The van der Waals surface area contributed by atoms with Crippen LogP contribution in [0.1, 0.15) is 58.8 Å². The largest absolute Gasteiger partial charge is 0.477 e. The molecule has 3 heterocycles. The van der Waals surface area contributed by atoms with Gasteiger partial charge < -0.3 is 19.3 Å². The van der Waals surface area contributed by atoms with Crippen LogP contribution in [0.5, 0.6) is 11.5 Å². The molecule has 5 rings (SSSR count). The van der Waals surface area contributed by atoms with Crippen LogP contribution in [0, 0.1) is 12.7 Å². The van der Waals surface area contributed by atoms with E-state index in [1.807, 2.05) is 12.1 Å². The summed E-state index contributed by atoms with van der Waals surface area (Å²) in [5.41, 5.74) is 2.02. The van der Waals surface area contributed by atoms with Gasteiger partial charge in [-0.25, -0.2) is 14.2 Å². The van der Waals surface area contributed by atoms with E-state index in [1.165, 1.54) is 6.07 Å². The van der Waals surface area contributed by atoms with Gasteiger partial charge in [0.05, 0.1) is 17.8 Å². The normalized spacial score (nSPS) is 19.4. The van der Waals surface area contributed by atoms with Gasteiger partial charge >= 0.3 is 5.97 Å². The number of aromatic nitrogens is 2. The van der Waals surface area contributed by atoms with Crippen LogP contribution in [0.25, 0.3) is 0 Å². The minimum absolute atomic E-state index is 0.180. The second-order valence-corrected chi connectivity index (χ2v) is 18.6. The van der Waals surface area contributed by atoms with Gasteiger partial charge in [-0.1, -0.05) is 43.4 Å². The summed E-state index contributed by atoms with van der Waals surface area (Å²) in [6.07, 6.45) is 1.76. The van der Waals surface area contributed by atoms with Gasteiger partial charge in [0.1, 0.15) is 18.4 Å². The molecule has 0 unspecified atom stereocenters. The van der Waals surface area contributed by atoms with E-state index in [4.69, 9.17) is 25.8 Å². The molecular weight excluding hydrogens is 577 g/mol. The molecule has 0 radical (unpaired) electrons. The Balaban J connectivity index is 1.26. The maximum absolute atomic E-state index is 14.8. The molecule has 1 N–H and O–H groups in total. The summed E-state index contributed by atoms with van der Waals surface area (Å²) in [7, 11) is -1.26. The second-order valence-electron chi connectivity index (χ2n) is 12.5. The van der Waals surface area contributed by atoms with Gasteiger partial charge in [-0.2, -0.15) is 0 Å². The molecule has 0 aliphatic carbocycles. The van der Waals surface area contributed by atoms with Gasteiger partial charge in [0.15, 0.2) is 17.2 Å². The smallest absolute Gasteiger partial charge is 0.354 e. The standard InChI is InChI=1S/C31H39ClFN3O5Si/c1-20-28(30(37)38)36(19-39-15-16-42(3,4)5)27(34-20)18-35-13-11-21(12-14-35)23-7-6-8-26-29(23)41-31(2,40-26)24-10-9-22(32)17-25(24)33/h6-10,17,21H,11-16,18-19H2,1-5H3,(H,37,38)/t31-/m0/s1. The molecule has 1 atom stereocenters. The number of hydrogen-bond donors (Lipinski definition) is 1. The Bertz CT molecular complexity index is 1470. The minimum Gasteiger partial charge on any atom is -0.477 e. The second kappa shape index (κ2) is 12.0. The number of carboxylic acid groups (broad SMARTS) is 1. The average Bonchev–Trinajstić information content (AvgIpc) is 3.42. The topological polar surface area (TPSA) is 86.0 Å². The summed E-state index contributed by atoms with van der Waals surface area (Å²) in [5.74, 6) is -0.576. The molecule has 1 saturated heterocycles. The highest BCUT2D eigenvalue weighted by Gasteiger charge is 2.43. The molecule has 226 valence electrons. The number of carboxylic acids is 1. The molecule has 2 aromatic carbocycles. The molecule has 1 aromatic heterocycles. The fourth-order valence-corrected chi connectivity index (χ4v) is 6.65. The lowest BCUT2D eigenvalue weighted by Gasteiger charge is -2.32. The van der Waals surface area contributed by atoms with E-state index in [-0.39, 0.29) is 18.3 Å². The van der Waals surface area contributed by atoms with E-state index in [2.05, 4.69) is 35.6 Å². The van der Waals surface area contributed by atoms with Crippen molar-refractivity contribution in [2.24, 2.45) is 0 Å². The Kier molecular flexibility index (Phi) is 8.72. The third kappa shape index (κ3) is 6.51. The van der Waals surface area contributed by atoms with E-state index in [1.54, 1.807) is 30.5 Å². The first-order valence-electron chi connectivity index (χ1n) is 14.4. The van der Waals surface area contributed by atoms with Crippen molar-refractivity contribution in [2.75, 3.05) is 19.7 Å². The number of aryl methyl sites for hydroxylation is 1. The van der Waals surface area contributed by atoms with Crippen molar-refractivity contribution in [3.63, 3.8) is 0 Å². The van der Waals surface area contributed by atoms with Gasteiger partial charge in [-0.05, 0) is 69.1 Å². The number of nitrogens with zero attached hydrogens (tertiary/aromatic N) is 3. The lowest BCUT2D eigenvalue weighted by atomic mass is 9.88. The number of piperidine rings is 1. The van der Waals surface area contributed by atoms with Gasteiger partial charge in [0.2, 0.25) is 0 Å². The molecular formula is C31H39ClFN3O5Si. The number of aromatic carboxylic acids is 1. The van der Waals surface area contributed by atoms with Crippen molar-refractivity contribution in [1.29, 1.82) is 0 Å². The highest BCUT2D eigenvalue weighted by molar-refractivity contribution is 6.76. The van der Waals surface area contributed by atoms with E-state index >= 15 is 0 Å². The van der Waals surface area contributed by atoms with Gasteiger partial charge in [-0.15, -0.1) is 0 Å². The van der Waals surface area contributed by atoms with Crippen molar-refractivity contribution >= 4 is 25.6 Å². The molecule has 42 heavy (non-hydrogen) atoms. The van der Waals surface area contributed by atoms with Crippen LogP contribution >= 0.6 is 11.6 Å². The summed E-state index contributed by atoms with van der Waals surface area (Å²) in [4.78, 5) is 19.0. The van der Waals surface area contributed by atoms with Gasteiger partial charge in [0.25, 0.3) is 5.79 Å². The molecule has 0 spiro atoms. The van der Waals surface area contributed by atoms with Crippen molar-refractivity contribution in [3.8, 4) is 11.5 Å². The third-order valence-electron chi connectivity index (χ3n) is 8.06. The first-order valence-corrected chi connectivity index (χ1v) is 18.5.